The van der Waals surface area contributed by atoms with E-state index in [1.165, 1.54) is 10.5 Å². The lowest BCUT2D eigenvalue weighted by Gasteiger charge is -2.08. The van der Waals surface area contributed by atoms with Crippen molar-refractivity contribution in [3.63, 3.8) is 0 Å². The molecule has 0 aromatic heterocycles. The molecule has 3 rings (SSSR count). The number of aryl methyl sites for hydroxylation is 2. The lowest BCUT2D eigenvalue weighted by molar-refractivity contribution is 0.682. The van der Waals surface area contributed by atoms with Crippen LogP contribution in [0.3, 0.4) is 0 Å². The van der Waals surface area contributed by atoms with E-state index in [1.54, 1.807) is 11.8 Å². The summed E-state index contributed by atoms with van der Waals surface area (Å²) < 4.78 is 12.7. The zero-order chi connectivity index (χ0) is 16.2. The molecule has 1 unspecified atom stereocenters. The Labute approximate surface area is 144 Å². The second kappa shape index (κ2) is 7.16. The van der Waals surface area contributed by atoms with Crippen molar-refractivity contribution < 1.29 is 4.21 Å². The van der Waals surface area contributed by atoms with E-state index in [4.69, 9.17) is 0 Å². The van der Waals surface area contributed by atoms with Crippen molar-refractivity contribution in [1.29, 1.82) is 0 Å². The van der Waals surface area contributed by atoms with Crippen LogP contribution in [-0.4, -0.2) is 4.21 Å². The molecule has 0 spiro atoms. The molecule has 3 aromatic carbocycles. The Morgan fingerprint density at radius 2 is 1.35 bits per heavy atom. The zero-order valence-corrected chi connectivity index (χ0v) is 14.8. The van der Waals surface area contributed by atoms with Crippen LogP contribution in [0.4, 0.5) is 0 Å². The Kier molecular flexibility index (Phi) is 4.99. The lowest BCUT2D eigenvalue weighted by atomic mass is 10.2. The van der Waals surface area contributed by atoms with Crippen LogP contribution in [0.5, 0.6) is 0 Å². The summed E-state index contributed by atoms with van der Waals surface area (Å²) in [5.41, 5.74) is 2.33. The second-order valence-corrected chi connectivity index (χ2v) is 7.94. The molecule has 0 bridgehead atoms. The van der Waals surface area contributed by atoms with Gasteiger partial charge in [0.25, 0.3) is 0 Å². The Balaban J connectivity index is 1.81. The molecular weight excluding hydrogens is 320 g/mol. The summed E-state index contributed by atoms with van der Waals surface area (Å²) in [6, 6.07) is 24.2. The van der Waals surface area contributed by atoms with Crippen LogP contribution >= 0.6 is 11.8 Å². The minimum Gasteiger partial charge on any atom is -0.249 e. The summed E-state index contributed by atoms with van der Waals surface area (Å²) in [7, 11) is -1.13. The maximum absolute atomic E-state index is 12.7. The third-order valence-corrected chi connectivity index (χ3v) is 6.40. The first-order chi connectivity index (χ1) is 11.1. The molecule has 0 radical (unpaired) electrons. The summed E-state index contributed by atoms with van der Waals surface area (Å²) in [5, 5.41) is 0. The topological polar surface area (TPSA) is 17.1 Å². The van der Waals surface area contributed by atoms with E-state index in [1.807, 2.05) is 61.5 Å². The van der Waals surface area contributed by atoms with Crippen molar-refractivity contribution >= 4 is 22.6 Å². The van der Waals surface area contributed by atoms with Gasteiger partial charge in [0.2, 0.25) is 0 Å². The van der Waals surface area contributed by atoms with Crippen LogP contribution in [0.2, 0.25) is 0 Å². The Morgan fingerprint density at radius 1 is 0.739 bits per heavy atom. The van der Waals surface area contributed by atoms with Gasteiger partial charge in [-0.1, -0.05) is 48.2 Å². The van der Waals surface area contributed by atoms with Gasteiger partial charge in [0.05, 0.1) is 10.8 Å². The first-order valence-electron chi connectivity index (χ1n) is 7.46. The van der Waals surface area contributed by atoms with Gasteiger partial charge in [0.15, 0.2) is 0 Å². The molecule has 3 heteroatoms. The van der Waals surface area contributed by atoms with Gasteiger partial charge in [0, 0.05) is 19.6 Å². The molecule has 0 heterocycles. The number of hydrogen-bond acceptors (Lipinski definition) is 2. The van der Waals surface area contributed by atoms with Gasteiger partial charge in [-0.2, -0.15) is 0 Å². The van der Waals surface area contributed by atoms with Crippen LogP contribution < -0.4 is 0 Å². The quantitative estimate of drug-likeness (QED) is 0.614. The van der Waals surface area contributed by atoms with Gasteiger partial charge >= 0.3 is 0 Å². The van der Waals surface area contributed by atoms with Crippen molar-refractivity contribution in [2.75, 3.05) is 0 Å². The van der Waals surface area contributed by atoms with E-state index in [2.05, 4.69) is 25.1 Å². The van der Waals surface area contributed by atoms with Gasteiger partial charge < -0.3 is 0 Å². The third-order valence-electron chi connectivity index (χ3n) is 3.65. The highest BCUT2D eigenvalue weighted by Gasteiger charge is 2.09. The predicted molar refractivity (Wildman–Crippen MR) is 97.6 cm³/mol. The molecule has 3 aromatic rings. The van der Waals surface area contributed by atoms with E-state index in [0.29, 0.717) is 0 Å². The monoisotopic (exact) mass is 338 g/mol. The highest BCUT2D eigenvalue weighted by Crippen LogP contribution is 2.31. The standard InChI is InChI=1S/C20H18OS2/c1-15-7-3-5-9-19(15)22-17-11-13-18(14-12-17)23(21)20-10-6-4-8-16(20)2/h3-14H,1-2H3. The van der Waals surface area contributed by atoms with Gasteiger partial charge in [-0.25, -0.2) is 4.21 Å². The lowest BCUT2D eigenvalue weighted by Crippen LogP contribution is -1.95. The Bertz CT molecular complexity index is 838. The molecule has 0 fully saturated rings. The van der Waals surface area contributed by atoms with Gasteiger partial charge in [-0.15, -0.1) is 0 Å². The molecule has 1 atom stereocenters. The van der Waals surface area contributed by atoms with Crippen LogP contribution in [0.1, 0.15) is 11.1 Å². The van der Waals surface area contributed by atoms with E-state index in [9.17, 15) is 4.21 Å². The minimum atomic E-state index is -1.13. The predicted octanol–water partition coefficient (Wildman–Crippen LogP) is 5.62. The zero-order valence-electron chi connectivity index (χ0n) is 13.2. The molecule has 0 saturated carbocycles. The molecule has 0 aliphatic rings. The maximum Gasteiger partial charge on any atom is 0.0852 e. The SMILES string of the molecule is Cc1ccccc1Sc1ccc(S(=O)c2ccccc2C)cc1. The molecule has 0 saturated heterocycles. The van der Waals surface area contributed by atoms with Crippen molar-refractivity contribution in [3.05, 3.63) is 83.9 Å². The summed E-state index contributed by atoms with van der Waals surface area (Å²) in [4.78, 5) is 4.13. The van der Waals surface area contributed by atoms with Crippen LogP contribution in [0.15, 0.2) is 92.4 Å². The van der Waals surface area contributed by atoms with E-state index in [0.717, 1.165) is 20.2 Å². The third kappa shape index (κ3) is 3.74. The van der Waals surface area contributed by atoms with E-state index >= 15 is 0 Å². The normalized spacial score (nSPS) is 12.1. The van der Waals surface area contributed by atoms with Gasteiger partial charge in [-0.3, -0.25) is 0 Å². The largest absolute Gasteiger partial charge is 0.249 e. The van der Waals surface area contributed by atoms with Crippen LogP contribution in [0, 0.1) is 13.8 Å². The highest BCUT2D eigenvalue weighted by molar-refractivity contribution is 7.99. The smallest absolute Gasteiger partial charge is 0.0852 e. The fraction of sp³-hybridized carbons (Fsp3) is 0.100. The first kappa shape index (κ1) is 16.0. The first-order valence-corrected chi connectivity index (χ1v) is 9.43. The fourth-order valence-corrected chi connectivity index (χ4v) is 4.42. The summed E-state index contributed by atoms with van der Waals surface area (Å²) in [6.07, 6.45) is 0. The van der Waals surface area contributed by atoms with E-state index in [-0.39, 0.29) is 0 Å². The van der Waals surface area contributed by atoms with Crippen molar-refractivity contribution in [2.24, 2.45) is 0 Å². The Morgan fingerprint density at radius 3 is 2.00 bits per heavy atom. The van der Waals surface area contributed by atoms with Crippen molar-refractivity contribution in [3.8, 4) is 0 Å². The molecule has 116 valence electrons. The summed E-state index contributed by atoms with van der Waals surface area (Å²) >= 11 is 1.73. The molecule has 0 amide bonds. The fourth-order valence-electron chi connectivity index (χ4n) is 2.32. The molecule has 0 aliphatic carbocycles. The average Bonchev–Trinajstić information content (AvgIpc) is 2.57. The average molecular weight is 338 g/mol. The van der Waals surface area contributed by atoms with E-state index < -0.39 is 10.8 Å². The Hall–Kier alpha value is -1.84. The highest BCUT2D eigenvalue weighted by atomic mass is 32.2. The molecular formula is C20H18OS2. The minimum absolute atomic E-state index is 0.841. The molecule has 23 heavy (non-hydrogen) atoms. The number of rotatable bonds is 4. The van der Waals surface area contributed by atoms with Crippen molar-refractivity contribution in [1.82, 2.24) is 0 Å². The summed E-state index contributed by atoms with van der Waals surface area (Å²) in [6.45, 7) is 4.11. The second-order valence-electron chi connectivity index (χ2n) is 5.37. The van der Waals surface area contributed by atoms with Gasteiger partial charge in [-0.05, 0) is 61.4 Å². The molecule has 1 nitrogen and oxygen atoms in total. The summed E-state index contributed by atoms with van der Waals surface area (Å²) in [5.74, 6) is 0. The number of benzene rings is 3. The molecule has 0 aliphatic heterocycles. The van der Waals surface area contributed by atoms with Crippen molar-refractivity contribution in [2.45, 2.75) is 33.4 Å². The van der Waals surface area contributed by atoms with Crippen LogP contribution in [0.25, 0.3) is 0 Å². The number of hydrogen-bond donors (Lipinski definition) is 0. The molecule has 0 N–H and O–H groups in total. The van der Waals surface area contributed by atoms with Gasteiger partial charge in [0.1, 0.15) is 0 Å². The maximum atomic E-state index is 12.7. The van der Waals surface area contributed by atoms with Crippen LogP contribution in [-0.2, 0) is 10.8 Å².